The maximum Gasteiger partial charge on any atom is 0.340 e. The fraction of sp³-hybridized carbons (Fsp3) is 0.600. The first-order valence-electron chi connectivity index (χ1n) is 6.86. The summed E-state index contributed by atoms with van der Waals surface area (Å²) in [6, 6.07) is 1.44. The molecule has 0 N–H and O–H groups in total. The molecule has 6 heteroatoms. The van der Waals surface area contributed by atoms with Crippen molar-refractivity contribution in [3.8, 4) is 0 Å². The van der Waals surface area contributed by atoms with Crippen molar-refractivity contribution in [1.82, 2.24) is 4.57 Å². The summed E-state index contributed by atoms with van der Waals surface area (Å²) in [7, 11) is 3.13. The summed E-state index contributed by atoms with van der Waals surface area (Å²) < 4.78 is 16.9. The minimum atomic E-state index is -0.415. The Bertz CT molecular complexity index is 550. The van der Waals surface area contributed by atoms with Crippen LogP contribution in [0.3, 0.4) is 0 Å². The van der Waals surface area contributed by atoms with Gasteiger partial charge in [-0.3, -0.25) is 4.79 Å². The molecule has 0 aliphatic heterocycles. The zero-order valence-electron chi connectivity index (χ0n) is 13.3. The molecule has 0 radical (unpaired) electrons. The molecule has 1 heterocycles. The van der Waals surface area contributed by atoms with Crippen molar-refractivity contribution < 1.29 is 19.0 Å². The molecule has 118 valence electrons. The number of methoxy groups -OCH3 is 2. The third kappa shape index (κ3) is 4.15. The van der Waals surface area contributed by atoms with Crippen LogP contribution in [0.2, 0.25) is 0 Å². The summed E-state index contributed by atoms with van der Waals surface area (Å²) in [5.74, 6) is -0.415. The van der Waals surface area contributed by atoms with Crippen molar-refractivity contribution in [2.45, 2.75) is 33.4 Å². The van der Waals surface area contributed by atoms with Crippen LogP contribution in [0.25, 0.3) is 0 Å². The molecule has 1 atom stereocenters. The van der Waals surface area contributed by atoms with Crippen LogP contribution < -0.4 is 5.56 Å². The molecule has 0 aliphatic carbocycles. The van der Waals surface area contributed by atoms with Gasteiger partial charge in [-0.1, -0.05) is 0 Å². The lowest BCUT2D eigenvalue weighted by molar-refractivity contribution is 0.0173. The molecule has 1 unspecified atom stereocenters. The molecule has 0 saturated heterocycles. The average Bonchev–Trinajstić information content (AvgIpc) is 2.42. The standard InChI is InChI=1S/C15H23NO5/c1-6-21-15(18)14-10(2)7-13(17)16(11(14)3)8-12(20-5)9-19-4/h7,12H,6,8-9H2,1-5H3. The van der Waals surface area contributed by atoms with Crippen molar-refractivity contribution >= 4 is 5.97 Å². The van der Waals surface area contributed by atoms with Gasteiger partial charge >= 0.3 is 5.97 Å². The quantitative estimate of drug-likeness (QED) is 0.710. The first-order valence-corrected chi connectivity index (χ1v) is 6.86. The Morgan fingerprint density at radius 3 is 2.52 bits per heavy atom. The molecule has 0 saturated carbocycles. The average molecular weight is 297 g/mol. The highest BCUT2D eigenvalue weighted by molar-refractivity contribution is 5.92. The van der Waals surface area contributed by atoms with Crippen LogP contribution in [0.15, 0.2) is 10.9 Å². The Hall–Kier alpha value is -1.66. The number of aromatic nitrogens is 1. The highest BCUT2D eigenvalue weighted by Gasteiger charge is 2.19. The first kappa shape index (κ1) is 17.4. The maximum atomic E-state index is 12.2. The largest absolute Gasteiger partial charge is 0.462 e. The van der Waals surface area contributed by atoms with Gasteiger partial charge in [-0.15, -0.1) is 0 Å². The van der Waals surface area contributed by atoms with Crippen LogP contribution in [0.1, 0.15) is 28.5 Å². The SMILES string of the molecule is CCOC(=O)c1c(C)cc(=O)n(CC(COC)OC)c1C. The lowest BCUT2D eigenvalue weighted by atomic mass is 10.1. The number of carbonyl (C=O) groups is 1. The van der Waals surface area contributed by atoms with Crippen LogP contribution in [-0.4, -0.2) is 44.1 Å². The first-order chi connectivity index (χ1) is 9.96. The summed E-state index contributed by atoms with van der Waals surface area (Å²) in [4.78, 5) is 24.2. The molecule has 6 nitrogen and oxygen atoms in total. The molecule has 21 heavy (non-hydrogen) atoms. The van der Waals surface area contributed by atoms with Crippen LogP contribution in [0, 0.1) is 13.8 Å². The molecule has 1 rings (SSSR count). The number of carbonyl (C=O) groups excluding carboxylic acids is 1. The van der Waals surface area contributed by atoms with Crippen LogP contribution in [0.4, 0.5) is 0 Å². The van der Waals surface area contributed by atoms with Gasteiger partial charge in [0.15, 0.2) is 0 Å². The topological polar surface area (TPSA) is 66.8 Å². The van der Waals surface area contributed by atoms with E-state index in [0.717, 1.165) is 0 Å². The third-order valence-corrected chi connectivity index (χ3v) is 3.32. The van der Waals surface area contributed by atoms with Gasteiger partial charge in [0, 0.05) is 26.0 Å². The van der Waals surface area contributed by atoms with Gasteiger partial charge in [-0.05, 0) is 26.3 Å². The predicted octanol–water partition coefficient (Wildman–Crippen LogP) is 1.30. The summed E-state index contributed by atoms with van der Waals surface area (Å²) in [6.07, 6.45) is -0.260. The van der Waals surface area contributed by atoms with Crippen LogP contribution in [0.5, 0.6) is 0 Å². The number of rotatable bonds is 7. The lowest BCUT2D eigenvalue weighted by Crippen LogP contribution is -2.33. The van der Waals surface area contributed by atoms with Gasteiger partial charge in [-0.25, -0.2) is 4.79 Å². The van der Waals surface area contributed by atoms with Crippen LogP contribution in [-0.2, 0) is 20.8 Å². The van der Waals surface area contributed by atoms with Gasteiger partial charge in [0.2, 0.25) is 0 Å². The molecular formula is C15H23NO5. The van der Waals surface area contributed by atoms with E-state index in [1.54, 1.807) is 35.0 Å². The molecule has 1 aromatic rings. The second-order valence-corrected chi connectivity index (χ2v) is 4.77. The number of ether oxygens (including phenoxy) is 3. The van der Waals surface area contributed by atoms with Crippen molar-refractivity contribution in [1.29, 1.82) is 0 Å². The lowest BCUT2D eigenvalue weighted by Gasteiger charge is -2.20. The Balaban J connectivity index is 3.24. The monoisotopic (exact) mass is 297 g/mol. The maximum absolute atomic E-state index is 12.2. The van der Waals surface area contributed by atoms with E-state index in [9.17, 15) is 9.59 Å². The van der Waals surface area contributed by atoms with E-state index in [2.05, 4.69) is 0 Å². The second-order valence-electron chi connectivity index (χ2n) is 4.77. The summed E-state index contributed by atoms with van der Waals surface area (Å²) in [5.41, 5.74) is 1.46. The number of nitrogens with zero attached hydrogens (tertiary/aromatic N) is 1. The number of esters is 1. The highest BCUT2D eigenvalue weighted by Crippen LogP contribution is 2.14. The Morgan fingerprint density at radius 1 is 1.33 bits per heavy atom. The number of hydrogen-bond donors (Lipinski definition) is 0. The van der Waals surface area contributed by atoms with Gasteiger partial charge in [0.25, 0.3) is 5.56 Å². The summed E-state index contributed by atoms with van der Waals surface area (Å²) >= 11 is 0. The van der Waals surface area contributed by atoms with Gasteiger partial charge in [0.05, 0.1) is 31.4 Å². The smallest absolute Gasteiger partial charge is 0.340 e. The number of pyridine rings is 1. The summed E-state index contributed by atoms with van der Waals surface area (Å²) in [5, 5.41) is 0. The Labute approximate surface area is 124 Å². The zero-order chi connectivity index (χ0) is 16.0. The van der Waals surface area contributed by atoms with E-state index in [1.807, 2.05) is 0 Å². The molecule has 0 aliphatic rings. The fourth-order valence-corrected chi connectivity index (χ4v) is 2.24. The fourth-order valence-electron chi connectivity index (χ4n) is 2.24. The number of aryl methyl sites for hydroxylation is 1. The van der Waals surface area contributed by atoms with E-state index < -0.39 is 5.97 Å². The minimum absolute atomic E-state index is 0.170. The molecule has 1 aromatic heterocycles. The van der Waals surface area contributed by atoms with Gasteiger partial charge < -0.3 is 18.8 Å². The Kier molecular flexibility index (Phi) is 6.58. The normalized spacial score (nSPS) is 12.2. The molecule has 0 aromatic carbocycles. The van der Waals surface area contributed by atoms with E-state index in [1.165, 1.54) is 10.6 Å². The van der Waals surface area contributed by atoms with E-state index in [0.29, 0.717) is 36.6 Å². The molecule has 0 fully saturated rings. The summed E-state index contributed by atoms with van der Waals surface area (Å²) in [6.45, 7) is 6.19. The van der Waals surface area contributed by atoms with E-state index in [4.69, 9.17) is 14.2 Å². The predicted molar refractivity (Wildman–Crippen MR) is 78.8 cm³/mol. The molecule has 0 spiro atoms. The Morgan fingerprint density at radius 2 is 2.00 bits per heavy atom. The third-order valence-electron chi connectivity index (χ3n) is 3.32. The van der Waals surface area contributed by atoms with Crippen LogP contribution >= 0.6 is 0 Å². The van der Waals surface area contributed by atoms with Crippen molar-refractivity contribution in [2.24, 2.45) is 0 Å². The zero-order valence-corrected chi connectivity index (χ0v) is 13.3. The molecule has 0 amide bonds. The highest BCUT2D eigenvalue weighted by atomic mass is 16.5. The van der Waals surface area contributed by atoms with Crippen molar-refractivity contribution in [3.63, 3.8) is 0 Å². The minimum Gasteiger partial charge on any atom is -0.462 e. The van der Waals surface area contributed by atoms with E-state index in [-0.39, 0.29) is 11.7 Å². The molecular weight excluding hydrogens is 274 g/mol. The van der Waals surface area contributed by atoms with Gasteiger partial charge in [-0.2, -0.15) is 0 Å². The van der Waals surface area contributed by atoms with Crippen molar-refractivity contribution in [2.75, 3.05) is 27.4 Å². The van der Waals surface area contributed by atoms with Crippen molar-refractivity contribution in [3.05, 3.63) is 33.2 Å². The van der Waals surface area contributed by atoms with Gasteiger partial charge in [0.1, 0.15) is 0 Å². The molecule has 0 bridgehead atoms. The van der Waals surface area contributed by atoms with E-state index >= 15 is 0 Å². The number of hydrogen-bond acceptors (Lipinski definition) is 5. The second kappa shape index (κ2) is 7.95.